The van der Waals surface area contributed by atoms with Crippen molar-refractivity contribution in [1.82, 2.24) is 21.3 Å². The van der Waals surface area contributed by atoms with Crippen molar-refractivity contribution in [2.24, 2.45) is 11.7 Å². The summed E-state index contributed by atoms with van der Waals surface area (Å²) in [5, 5.41) is 28.5. The summed E-state index contributed by atoms with van der Waals surface area (Å²) in [4.78, 5) is 71.6. The van der Waals surface area contributed by atoms with Crippen LogP contribution in [0.15, 0.2) is 0 Å². The number of nitrogens with two attached hydrogens (primary N) is 1. The predicted molar refractivity (Wildman–Crippen MR) is 115 cm³/mol. The second-order valence-electron chi connectivity index (χ2n) is 8.28. The van der Waals surface area contributed by atoms with Crippen LogP contribution < -0.4 is 27.0 Å². The largest absolute Gasteiger partial charge is 0.481 e. The van der Waals surface area contributed by atoms with E-state index in [9.17, 15) is 33.9 Å². The maximum atomic E-state index is 12.9. The summed E-state index contributed by atoms with van der Waals surface area (Å²) in [6.07, 6.45) is 0.224. The molecule has 1 saturated heterocycles. The molecule has 4 amide bonds. The number of rotatable bonds is 14. The van der Waals surface area contributed by atoms with E-state index in [1.54, 1.807) is 13.8 Å². The highest BCUT2D eigenvalue weighted by Gasteiger charge is 2.32. The summed E-state index contributed by atoms with van der Waals surface area (Å²) in [5.74, 6) is -5.78. The predicted octanol–water partition coefficient (Wildman–Crippen LogP) is -1.94. The lowest BCUT2D eigenvalue weighted by Gasteiger charge is -2.25. The average molecular weight is 472 g/mol. The lowest BCUT2D eigenvalue weighted by molar-refractivity contribution is -0.143. The van der Waals surface area contributed by atoms with E-state index in [2.05, 4.69) is 21.3 Å². The Morgan fingerprint density at radius 1 is 0.939 bits per heavy atom. The zero-order valence-corrected chi connectivity index (χ0v) is 18.8. The Labute approximate surface area is 191 Å². The Hall–Kier alpha value is -3.22. The van der Waals surface area contributed by atoms with E-state index in [0.29, 0.717) is 13.0 Å². The summed E-state index contributed by atoms with van der Waals surface area (Å²) >= 11 is 0. The van der Waals surface area contributed by atoms with E-state index in [1.807, 2.05) is 0 Å². The zero-order chi connectivity index (χ0) is 25.1. The minimum atomic E-state index is -1.32. The third-order valence-corrected chi connectivity index (χ3v) is 5.20. The van der Waals surface area contributed by atoms with Gasteiger partial charge in [0.15, 0.2) is 0 Å². The van der Waals surface area contributed by atoms with Crippen LogP contribution in [0.25, 0.3) is 0 Å². The smallest absolute Gasteiger partial charge is 0.326 e. The lowest BCUT2D eigenvalue weighted by Crippen LogP contribution is -2.57. The van der Waals surface area contributed by atoms with E-state index >= 15 is 0 Å². The Balaban J connectivity index is 2.97. The van der Waals surface area contributed by atoms with Gasteiger partial charge in [-0.2, -0.15) is 0 Å². The molecule has 0 aromatic heterocycles. The maximum Gasteiger partial charge on any atom is 0.326 e. The Morgan fingerprint density at radius 3 is 2.00 bits per heavy atom. The number of amides is 4. The molecule has 186 valence electrons. The minimum absolute atomic E-state index is 0.207. The molecular weight excluding hydrogens is 438 g/mol. The Bertz CT molecular complexity index is 751. The average Bonchev–Trinajstić information content (AvgIpc) is 3.26. The molecule has 1 heterocycles. The molecule has 0 aliphatic carbocycles. The molecule has 33 heavy (non-hydrogen) atoms. The van der Waals surface area contributed by atoms with Crippen LogP contribution in [0.4, 0.5) is 0 Å². The molecule has 1 rings (SSSR count). The molecule has 0 bridgehead atoms. The summed E-state index contributed by atoms with van der Waals surface area (Å²) in [6.45, 7) is 3.81. The van der Waals surface area contributed by atoms with Crippen molar-refractivity contribution in [3.05, 3.63) is 0 Å². The van der Waals surface area contributed by atoms with Gasteiger partial charge in [0.05, 0.1) is 6.04 Å². The van der Waals surface area contributed by atoms with Gasteiger partial charge in [0.2, 0.25) is 23.6 Å². The SMILES string of the molecule is CC(C)C(NC(=O)C(CCC(N)=O)NC(=O)C(CCC(=O)O)NC(=O)C1CCCN1)C(=O)O. The van der Waals surface area contributed by atoms with Crippen LogP contribution in [0.2, 0.25) is 0 Å². The molecule has 4 unspecified atom stereocenters. The summed E-state index contributed by atoms with van der Waals surface area (Å²) in [7, 11) is 0. The first-order chi connectivity index (χ1) is 15.4. The van der Waals surface area contributed by atoms with Crippen LogP contribution in [0.1, 0.15) is 52.4 Å². The molecular formula is C20H33N5O8. The number of primary amides is 1. The number of hydrogen-bond acceptors (Lipinski definition) is 7. The third-order valence-electron chi connectivity index (χ3n) is 5.20. The first kappa shape index (κ1) is 27.8. The highest BCUT2D eigenvalue weighted by atomic mass is 16.4. The van der Waals surface area contributed by atoms with E-state index in [-0.39, 0.29) is 19.3 Å². The van der Waals surface area contributed by atoms with Gasteiger partial charge in [-0.25, -0.2) is 4.79 Å². The topological polar surface area (TPSA) is 217 Å². The molecule has 0 aromatic carbocycles. The van der Waals surface area contributed by atoms with Crippen LogP contribution in [-0.4, -0.2) is 76.5 Å². The number of carbonyl (C=O) groups excluding carboxylic acids is 4. The highest BCUT2D eigenvalue weighted by Crippen LogP contribution is 2.09. The molecule has 13 heteroatoms. The first-order valence-corrected chi connectivity index (χ1v) is 10.8. The first-order valence-electron chi connectivity index (χ1n) is 10.8. The van der Waals surface area contributed by atoms with E-state index < -0.39 is 72.1 Å². The van der Waals surface area contributed by atoms with Crippen LogP contribution in [-0.2, 0) is 28.8 Å². The highest BCUT2D eigenvalue weighted by molar-refractivity contribution is 5.94. The van der Waals surface area contributed by atoms with Crippen LogP contribution >= 0.6 is 0 Å². The zero-order valence-electron chi connectivity index (χ0n) is 18.8. The van der Waals surface area contributed by atoms with Crippen LogP contribution in [0.5, 0.6) is 0 Å². The second kappa shape index (κ2) is 13.4. The number of carboxylic acids is 2. The van der Waals surface area contributed by atoms with Gasteiger partial charge in [0.1, 0.15) is 18.1 Å². The van der Waals surface area contributed by atoms with Gasteiger partial charge < -0.3 is 37.2 Å². The van der Waals surface area contributed by atoms with Gasteiger partial charge in [-0.3, -0.25) is 24.0 Å². The monoisotopic (exact) mass is 471 g/mol. The maximum absolute atomic E-state index is 12.9. The fourth-order valence-corrected chi connectivity index (χ4v) is 3.31. The Morgan fingerprint density at radius 2 is 1.52 bits per heavy atom. The standard InChI is InChI=1S/C20H33N5O8/c1-10(2)16(20(32)33)25-19(31)12(5-7-14(21)26)24-18(30)13(6-8-15(27)28)23-17(29)11-4-3-9-22-11/h10-13,16,22H,3-9H2,1-2H3,(H2,21,26)(H,23,29)(H,24,30)(H,25,31)(H,27,28)(H,32,33). The molecule has 0 saturated carbocycles. The van der Waals surface area contributed by atoms with Crippen molar-refractivity contribution >= 4 is 35.6 Å². The fraction of sp³-hybridized carbons (Fsp3) is 0.700. The molecule has 8 N–H and O–H groups in total. The quantitative estimate of drug-likeness (QED) is 0.150. The molecule has 0 aromatic rings. The van der Waals surface area contributed by atoms with Crippen molar-refractivity contribution < 1.29 is 39.0 Å². The van der Waals surface area contributed by atoms with Crippen molar-refractivity contribution in [3.63, 3.8) is 0 Å². The van der Waals surface area contributed by atoms with Crippen molar-refractivity contribution in [2.45, 2.75) is 76.5 Å². The van der Waals surface area contributed by atoms with Crippen LogP contribution in [0.3, 0.4) is 0 Å². The number of carboxylic acid groups (broad SMARTS) is 2. The van der Waals surface area contributed by atoms with E-state index in [4.69, 9.17) is 10.8 Å². The van der Waals surface area contributed by atoms with Crippen molar-refractivity contribution in [1.29, 1.82) is 0 Å². The molecule has 13 nitrogen and oxygen atoms in total. The van der Waals surface area contributed by atoms with Crippen LogP contribution in [0, 0.1) is 5.92 Å². The summed E-state index contributed by atoms with van der Waals surface area (Å²) in [6, 6.07) is -4.32. The lowest BCUT2D eigenvalue weighted by atomic mass is 10.0. The van der Waals surface area contributed by atoms with Crippen molar-refractivity contribution in [2.75, 3.05) is 6.54 Å². The molecule has 1 aliphatic rings. The Kier molecular flexibility index (Phi) is 11.3. The number of aliphatic carboxylic acids is 2. The minimum Gasteiger partial charge on any atom is -0.481 e. The number of hydrogen-bond donors (Lipinski definition) is 7. The number of nitrogens with one attached hydrogen (secondary N) is 4. The number of carbonyl (C=O) groups is 6. The molecule has 1 aliphatic heterocycles. The van der Waals surface area contributed by atoms with Gasteiger partial charge in [-0.05, 0) is 38.1 Å². The van der Waals surface area contributed by atoms with Gasteiger partial charge in [-0.1, -0.05) is 13.8 Å². The van der Waals surface area contributed by atoms with E-state index in [0.717, 1.165) is 6.42 Å². The summed E-state index contributed by atoms with van der Waals surface area (Å²) in [5.41, 5.74) is 5.14. The van der Waals surface area contributed by atoms with Crippen molar-refractivity contribution in [3.8, 4) is 0 Å². The fourth-order valence-electron chi connectivity index (χ4n) is 3.31. The second-order valence-corrected chi connectivity index (χ2v) is 8.28. The van der Waals surface area contributed by atoms with Gasteiger partial charge in [0, 0.05) is 12.8 Å². The normalized spacial score (nSPS) is 18.1. The summed E-state index contributed by atoms with van der Waals surface area (Å²) < 4.78 is 0. The van der Waals surface area contributed by atoms with E-state index in [1.165, 1.54) is 0 Å². The molecule has 4 atom stereocenters. The molecule has 1 fully saturated rings. The molecule has 0 radical (unpaired) electrons. The van der Waals surface area contributed by atoms with Gasteiger partial charge >= 0.3 is 11.9 Å². The van der Waals surface area contributed by atoms with Gasteiger partial charge in [-0.15, -0.1) is 0 Å². The van der Waals surface area contributed by atoms with Gasteiger partial charge in [0.25, 0.3) is 0 Å². The third kappa shape index (κ3) is 9.85. The molecule has 0 spiro atoms.